The topological polar surface area (TPSA) is 99.4 Å². The molecule has 75 heavy (non-hydrogen) atoms. The molecule has 0 radical (unpaired) electrons. The largest absolute Gasteiger partial charge is 0.378 e. The van der Waals surface area contributed by atoms with Gasteiger partial charge in [-0.25, -0.2) is 0 Å². The fourth-order valence-electron chi connectivity index (χ4n) is 10.7. The van der Waals surface area contributed by atoms with Crippen molar-refractivity contribution in [1.82, 2.24) is 0 Å². The van der Waals surface area contributed by atoms with Gasteiger partial charge in [-0.3, -0.25) is 0 Å². The van der Waals surface area contributed by atoms with Gasteiger partial charge in [0, 0.05) is 16.7 Å². The Kier molecular flexibility index (Phi) is 13.5. The van der Waals surface area contributed by atoms with Gasteiger partial charge in [-0.05, 0) is 86.0 Å². The van der Waals surface area contributed by atoms with Crippen LogP contribution in [0.15, 0.2) is 285 Å². The SMILES string of the molecule is OC(c1ccccc1)(c1ccccc1)c1cc(C#Cc2ccc(C3O[C@@H](C(O)(c4ccccc4)c4ccccc4)[C@H](C(O)(c4ccccc4)c4ccccc4)O3)cc2)cc(C(O)(c2ccccc2)c2ccccc2)c1. The van der Waals surface area contributed by atoms with Crippen LogP contribution in [0, 0.1) is 11.8 Å². The quantitative estimate of drug-likeness (QED) is 0.0679. The summed E-state index contributed by atoms with van der Waals surface area (Å²) in [7, 11) is 0. The van der Waals surface area contributed by atoms with Crippen LogP contribution in [-0.4, -0.2) is 32.6 Å². The number of benzene rings is 10. The van der Waals surface area contributed by atoms with Gasteiger partial charge in [0.25, 0.3) is 0 Å². The molecule has 1 aliphatic rings. The van der Waals surface area contributed by atoms with E-state index in [0.717, 1.165) is 0 Å². The first-order valence-electron chi connectivity index (χ1n) is 25.1. The summed E-state index contributed by atoms with van der Waals surface area (Å²) in [5.74, 6) is 6.78. The van der Waals surface area contributed by atoms with E-state index < -0.39 is 40.9 Å². The van der Waals surface area contributed by atoms with Crippen molar-refractivity contribution in [3.05, 3.63) is 357 Å². The first-order chi connectivity index (χ1) is 36.7. The van der Waals surface area contributed by atoms with Gasteiger partial charge in [-0.15, -0.1) is 0 Å². The second kappa shape index (κ2) is 20.8. The van der Waals surface area contributed by atoms with Crippen LogP contribution in [0.1, 0.15) is 78.6 Å². The van der Waals surface area contributed by atoms with Gasteiger partial charge in [0.05, 0.1) is 0 Å². The monoisotopic (exact) mass is 978 g/mol. The number of rotatable bonds is 13. The van der Waals surface area contributed by atoms with E-state index in [1.54, 1.807) is 0 Å². The van der Waals surface area contributed by atoms with E-state index in [4.69, 9.17) is 9.47 Å². The summed E-state index contributed by atoms with van der Waals surface area (Å²) >= 11 is 0. The molecule has 0 spiro atoms. The molecule has 0 saturated carbocycles. The highest BCUT2D eigenvalue weighted by molar-refractivity contribution is 5.57. The minimum absolute atomic E-state index is 0.527. The molecule has 1 heterocycles. The predicted molar refractivity (Wildman–Crippen MR) is 293 cm³/mol. The lowest BCUT2D eigenvalue weighted by atomic mass is 9.72. The van der Waals surface area contributed by atoms with Gasteiger partial charge in [0.15, 0.2) is 6.29 Å². The molecule has 4 N–H and O–H groups in total. The fraction of sp³-hybridized carbons (Fsp3) is 0.101. The zero-order valence-corrected chi connectivity index (χ0v) is 41.0. The van der Waals surface area contributed by atoms with Crippen molar-refractivity contribution in [1.29, 1.82) is 0 Å². The summed E-state index contributed by atoms with van der Waals surface area (Å²) in [6.07, 6.45) is -3.31. The molecule has 2 atom stereocenters. The highest BCUT2D eigenvalue weighted by atomic mass is 16.7. The number of hydrogen-bond donors (Lipinski definition) is 4. The lowest BCUT2D eigenvalue weighted by Gasteiger charge is -2.42. The van der Waals surface area contributed by atoms with Crippen molar-refractivity contribution in [2.45, 2.75) is 40.9 Å². The third-order valence-electron chi connectivity index (χ3n) is 14.6. The Morgan fingerprint density at radius 1 is 0.267 bits per heavy atom. The van der Waals surface area contributed by atoms with Gasteiger partial charge in [0.1, 0.15) is 34.6 Å². The molecule has 1 fully saturated rings. The van der Waals surface area contributed by atoms with E-state index >= 15 is 0 Å². The lowest BCUT2D eigenvalue weighted by Crippen LogP contribution is -2.54. The minimum Gasteiger partial charge on any atom is -0.378 e. The molecule has 11 rings (SSSR count). The van der Waals surface area contributed by atoms with Crippen LogP contribution >= 0.6 is 0 Å². The van der Waals surface area contributed by atoms with Crippen LogP contribution in [0.25, 0.3) is 0 Å². The first kappa shape index (κ1) is 48.8. The minimum atomic E-state index is -1.79. The molecule has 1 aliphatic heterocycles. The third kappa shape index (κ3) is 9.09. The van der Waals surface area contributed by atoms with Crippen LogP contribution in [0.2, 0.25) is 0 Å². The van der Waals surface area contributed by atoms with Gasteiger partial charge in [-0.1, -0.05) is 267 Å². The summed E-state index contributed by atoms with van der Waals surface area (Å²) < 4.78 is 14.0. The van der Waals surface area contributed by atoms with Crippen molar-refractivity contribution in [3.63, 3.8) is 0 Å². The predicted octanol–water partition coefficient (Wildman–Crippen LogP) is 12.3. The smallest absolute Gasteiger partial charge is 0.185 e. The maximum Gasteiger partial charge on any atom is 0.185 e. The van der Waals surface area contributed by atoms with E-state index in [9.17, 15) is 20.4 Å². The summed E-state index contributed by atoms with van der Waals surface area (Å²) in [5, 5.41) is 53.2. The highest BCUT2D eigenvalue weighted by Crippen LogP contribution is 2.51. The molecule has 0 amide bonds. The van der Waals surface area contributed by atoms with Crippen molar-refractivity contribution >= 4 is 0 Å². The molecule has 6 nitrogen and oxygen atoms in total. The van der Waals surface area contributed by atoms with E-state index in [1.165, 1.54) is 0 Å². The molecular weight excluding hydrogens is 925 g/mol. The summed E-state index contributed by atoms with van der Waals surface area (Å²) in [5.41, 5.74) is 1.02. The molecule has 10 aromatic carbocycles. The summed E-state index contributed by atoms with van der Waals surface area (Å²) in [6, 6.07) is 88.9. The van der Waals surface area contributed by atoms with Crippen molar-refractivity contribution in [3.8, 4) is 11.8 Å². The van der Waals surface area contributed by atoms with Gasteiger partial charge in [0.2, 0.25) is 0 Å². The molecule has 0 unspecified atom stereocenters. The van der Waals surface area contributed by atoms with Crippen LogP contribution in [0.4, 0.5) is 0 Å². The number of hydrogen-bond acceptors (Lipinski definition) is 6. The van der Waals surface area contributed by atoms with Gasteiger partial charge < -0.3 is 29.9 Å². The molecule has 10 aromatic rings. The molecule has 366 valence electrons. The van der Waals surface area contributed by atoms with Crippen LogP contribution in [-0.2, 0) is 31.9 Å². The van der Waals surface area contributed by atoms with Gasteiger partial charge in [-0.2, -0.15) is 0 Å². The molecular formula is C69H54O6. The second-order valence-electron chi connectivity index (χ2n) is 19.0. The number of ether oxygens (including phenoxy) is 2. The fourth-order valence-corrected chi connectivity index (χ4v) is 10.7. The molecule has 0 aliphatic carbocycles. The Morgan fingerprint density at radius 2 is 0.520 bits per heavy atom. The van der Waals surface area contributed by atoms with Crippen molar-refractivity contribution in [2.24, 2.45) is 0 Å². The maximum atomic E-state index is 13.4. The average Bonchev–Trinajstić information content (AvgIpc) is 4.00. The summed E-state index contributed by atoms with van der Waals surface area (Å²) in [6.45, 7) is 0. The Hall–Kier alpha value is -8.48. The Morgan fingerprint density at radius 3 is 0.800 bits per heavy atom. The van der Waals surface area contributed by atoms with Gasteiger partial charge >= 0.3 is 0 Å². The second-order valence-corrected chi connectivity index (χ2v) is 19.0. The Balaban J connectivity index is 1.02. The molecule has 1 saturated heterocycles. The van der Waals surface area contributed by atoms with Crippen molar-refractivity contribution < 1.29 is 29.9 Å². The van der Waals surface area contributed by atoms with Crippen LogP contribution in [0.5, 0.6) is 0 Å². The average molecular weight is 979 g/mol. The van der Waals surface area contributed by atoms with E-state index in [1.807, 2.05) is 285 Å². The maximum absolute atomic E-state index is 13.4. The van der Waals surface area contributed by atoms with Crippen LogP contribution in [0.3, 0.4) is 0 Å². The Bertz CT molecular complexity index is 3170. The van der Waals surface area contributed by atoms with E-state index in [-0.39, 0.29) is 0 Å². The lowest BCUT2D eigenvalue weighted by molar-refractivity contribution is -0.110. The molecule has 6 heteroatoms. The van der Waals surface area contributed by atoms with E-state index in [2.05, 4.69) is 11.8 Å². The third-order valence-corrected chi connectivity index (χ3v) is 14.6. The molecule has 0 bridgehead atoms. The summed E-state index contributed by atoms with van der Waals surface area (Å²) in [4.78, 5) is 0. The zero-order chi connectivity index (χ0) is 51.3. The normalized spacial score (nSPS) is 15.2. The Labute approximate surface area is 438 Å². The highest BCUT2D eigenvalue weighted by Gasteiger charge is 2.59. The van der Waals surface area contributed by atoms with E-state index in [0.29, 0.717) is 72.3 Å². The first-order valence-corrected chi connectivity index (χ1v) is 25.1. The number of aliphatic hydroxyl groups is 4. The molecule has 0 aromatic heterocycles. The van der Waals surface area contributed by atoms with Crippen LogP contribution < -0.4 is 0 Å². The zero-order valence-electron chi connectivity index (χ0n) is 41.0. The van der Waals surface area contributed by atoms with Crippen molar-refractivity contribution in [2.75, 3.05) is 0 Å². The standard InChI is InChI=1S/C69H54O6/c70-66(53-25-9-1-10-26-53,54-27-11-2-12-28-54)61-47-51(48-62(49-61)67(71,55-29-13-3-14-30-55)56-31-15-4-16-32-56)42-41-50-43-45-52(46-44-50)65-74-63(68(72,57-33-17-5-18-34-57)58-35-19-6-20-36-58)64(75-65)69(73,59-37-21-7-22-38-59)60-39-23-8-24-40-60/h1-40,43-49,63-65,70-73H/t63-,64-/m1/s1.